The van der Waals surface area contributed by atoms with Crippen LogP contribution >= 0.6 is 0 Å². The predicted molar refractivity (Wildman–Crippen MR) is 94.4 cm³/mol. The lowest BCUT2D eigenvalue weighted by Gasteiger charge is -2.22. The zero-order valence-electron chi connectivity index (χ0n) is 14.5. The van der Waals surface area contributed by atoms with Crippen molar-refractivity contribution < 1.29 is 28.8 Å². The zero-order valence-corrected chi connectivity index (χ0v) is 14.5. The van der Waals surface area contributed by atoms with Crippen molar-refractivity contribution in [1.29, 1.82) is 0 Å². The lowest BCUT2D eigenvalue weighted by Crippen LogP contribution is -2.16. The Hall–Kier alpha value is -3.15. The van der Waals surface area contributed by atoms with Crippen LogP contribution in [0.5, 0.6) is 28.7 Å². The quantitative estimate of drug-likeness (QED) is 0.852. The van der Waals surface area contributed by atoms with Gasteiger partial charge in [0, 0.05) is 11.1 Å². The van der Waals surface area contributed by atoms with Crippen LogP contribution in [0.1, 0.15) is 27.9 Å². The van der Waals surface area contributed by atoms with Crippen LogP contribution in [0.4, 0.5) is 0 Å². The molecule has 0 saturated carbocycles. The van der Waals surface area contributed by atoms with Gasteiger partial charge < -0.3 is 24.1 Å². The molecule has 1 heterocycles. The van der Waals surface area contributed by atoms with E-state index >= 15 is 0 Å². The molecule has 134 valence electrons. The van der Waals surface area contributed by atoms with Crippen LogP contribution < -0.4 is 18.9 Å². The van der Waals surface area contributed by atoms with Crippen LogP contribution in [0.3, 0.4) is 0 Å². The third kappa shape index (κ3) is 2.45. The molecule has 26 heavy (non-hydrogen) atoms. The summed E-state index contributed by atoms with van der Waals surface area (Å²) in [6, 6.07) is 7.45. The molecule has 0 fully saturated rings. The summed E-state index contributed by atoms with van der Waals surface area (Å²) in [4.78, 5) is 13.0. The molecular formula is C20H18O6. The average Bonchev–Trinajstić information content (AvgIpc) is 3.15. The molecule has 2 aliphatic rings. The normalized spacial score (nSPS) is 16.5. The Kier molecular flexibility index (Phi) is 3.95. The first-order chi connectivity index (χ1) is 12.6. The maximum atomic E-state index is 13.0. The molecule has 0 saturated heterocycles. The van der Waals surface area contributed by atoms with E-state index in [1.807, 2.05) is 30.3 Å². The number of Topliss-reactive ketones (excluding diaryl/α,β-unsaturated/α-hetero) is 1. The van der Waals surface area contributed by atoms with Crippen molar-refractivity contribution in [2.45, 2.75) is 12.8 Å². The van der Waals surface area contributed by atoms with E-state index in [1.54, 1.807) is 7.11 Å². The number of hydrogen-bond donors (Lipinski definition) is 1. The molecule has 2 aromatic carbocycles. The lowest BCUT2D eigenvalue weighted by atomic mass is 9.84. The number of allylic oxidation sites excluding steroid dienone is 1. The number of phenols is 1. The van der Waals surface area contributed by atoms with Crippen LogP contribution in [-0.4, -0.2) is 31.9 Å². The fourth-order valence-corrected chi connectivity index (χ4v) is 3.40. The highest BCUT2D eigenvalue weighted by Crippen LogP contribution is 2.53. The molecule has 0 spiro atoms. The van der Waals surface area contributed by atoms with Crippen molar-refractivity contribution in [1.82, 2.24) is 0 Å². The molecule has 0 unspecified atom stereocenters. The summed E-state index contributed by atoms with van der Waals surface area (Å²) >= 11 is 0. The highest BCUT2D eigenvalue weighted by molar-refractivity contribution is 6.16. The number of fused-ring (bicyclic) bond motifs is 2. The Balaban J connectivity index is 1.78. The van der Waals surface area contributed by atoms with Gasteiger partial charge >= 0.3 is 0 Å². The van der Waals surface area contributed by atoms with Gasteiger partial charge in [0.25, 0.3) is 0 Å². The van der Waals surface area contributed by atoms with E-state index in [9.17, 15) is 9.90 Å². The van der Waals surface area contributed by atoms with Gasteiger partial charge in [-0.15, -0.1) is 0 Å². The van der Waals surface area contributed by atoms with Crippen LogP contribution in [0.15, 0.2) is 29.8 Å². The minimum atomic E-state index is -0.226. The maximum absolute atomic E-state index is 13.0. The molecule has 6 heteroatoms. The van der Waals surface area contributed by atoms with Gasteiger partial charge in [-0.25, -0.2) is 0 Å². The number of aromatic hydroxyl groups is 1. The first-order valence-electron chi connectivity index (χ1n) is 8.24. The fourth-order valence-electron chi connectivity index (χ4n) is 3.40. The van der Waals surface area contributed by atoms with Crippen molar-refractivity contribution in [2.24, 2.45) is 0 Å². The number of ketones is 1. The number of methoxy groups -OCH3 is 2. The minimum absolute atomic E-state index is 0.00905. The smallest absolute Gasteiger partial charge is 0.231 e. The third-order valence-corrected chi connectivity index (χ3v) is 4.67. The number of rotatable bonds is 3. The first-order valence-corrected chi connectivity index (χ1v) is 8.24. The minimum Gasteiger partial charge on any atom is -0.504 e. The molecule has 2 aromatic rings. The summed E-state index contributed by atoms with van der Waals surface area (Å²) in [5.41, 5.74) is 2.41. The molecule has 6 nitrogen and oxygen atoms in total. The summed E-state index contributed by atoms with van der Waals surface area (Å²) in [6.45, 7) is -0.00905. The SMILES string of the molecule is COc1ccc(/C=C2\CCc3c(OC)c4c(c(O)c3C2=O)OCO4)cc1. The maximum Gasteiger partial charge on any atom is 0.231 e. The zero-order chi connectivity index (χ0) is 18.3. The van der Waals surface area contributed by atoms with Gasteiger partial charge in [-0.2, -0.15) is 0 Å². The Morgan fingerprint density at radius 3 is 2.46 bits per heavy atom. The molecular weight excluding hydrogens is 336 g/mol. The van der Waals surface area contributed by atoms with E-state index in [1.165, 1.54) is 7.11 Å². The average molecular weight is 354 g/mol. The topological polar surface area (TPSA) is 74.2 Å². The number of phenolic OH excluding ortho intramolecular Hbond substituents is 1. The first kappa shape index (κ1) is 16.3. The van der Waals surface area contributed by atoms with E-state index in [2.05, 4.69) is 0 Å². The molecule has 0 amide bonds. The second-order valence-electron chi connectivity index (χ2n) is 6.07. The fraction of sp³-hybridized carbons (Fsp3) is 0.250. The predicted octanol–water partition coefficient (Wildman–Crippen LogP) is 3.35. The molecule has 1 aliphatic carbocycles. The number of carbonyl (C=O) groups is 1. The molecule has 0 aromatic heterocycles. The van der Waals surface area contributed by atoms with E-state index in [0.29, 0.717) is 35.5 Å². The van der Waals surface area contributed by atoms with Crippen molar-refractivity contribution in [3.63, 3.8) is 0 Å². The second-order valence-corrected chi connectivity index (χ2v) is 6.07. The number of benzene rings is 2. The van der Waals surface area contributed by atoms with Gasteiger partial charge in [-0.05, 0) is 36.6 Å². The Morgan fingerprint density at radius 2 is 1.77 bits per heavy atom. The molecule has 0 radical (unpaired) electrons. The van der Waals surface area contributed by atoms with Crippen LogP contribution in [-0.2, 0) is 6.42 Å². The van der Waals surface area contributed by atoms with E-state index < -0.39 is 0 Å². The Bertz CT molecular complexity index is 911. The van der Waals surface area contributed by atoms with Crippen molar-refractivity contribution in [3.8, 4) is 28.7 Å². The molecule has 4 rings (SSSR count). The summed E-state index contributed by atoms with van der Waals surface area (Å²) < 4.78 is 21.3. The highest BCUT2D eigenvalue weighted by Gasteiger charge is 2.36. The summed E-state index contributed by atoms with van der Waals surface area (Å²) in [7, 11) is 3.12. The monoisotopic (exact) mass is 354 g/mol. The largest absolute Gasteiger partial charge is 0.504 e. The molecule has 0 bridgehead atoms. The van der Waals surface area contributed by atoms with Gasteiger partial charge in [0.1, 0.15) is 5.75 Å². The van der Waals surface area contributed by atoms with E-state index in [-0.39, 0.29) is 29.6 Å². The van der Waals surface area contributed by atoms with Gasteiger partial charge in [0.2, 0.25) is 18.3 Å². The van der Waals surface area contributed by atoms with E-state index in [4.69, 9.17) is 18.9 Å². The van der Waals surface area contributed by atoms with E-state index in [0.717, 1.165) is 11.3 Å². The molecule has 1 N–H and O–H groups in total. The van der Waals surface area contributed by atoms with Crippen molar-refractivity contribution in [2.75, 3.05) is 21.0 Å². The van der Waals surface area contributed by atoms with Gasteiger partial charge in [0.05, 0.1) is 19.8 Å². The third-order valence-electron chi connectivity index (χ3n) is 4.67. The van der Waals surface area contributed by atoms with Crippen LogP contribution in [0.25, 0.3) is 6.08 Å². The van der Waals surface area contributed by atoms with Gasteiger partial charge in [-0.3, -0.25) is 4.79 Å². The Morgan fingerprint density at radius 1 is 1.04 bits per heavy atom. The molecule has 0 atom stereocenters. The van der Waals surface area contributed by atoms with Gasteiger partial charge in [0.15, 0.2) is 17.3 Å². The summed E-state index contributed by atoms with van der Waals surface area (Å²) in [6.07, 6.45) is 2.95. The van der Waals surface area contributed by atoms with Crippen LogP contribution in [0.2, 0.25) is 0 Å². The van der Waals surface area contributed by atoms with Crippen molar-refractivity contribution >= 4 is 11.9 Å². The van der Waals surface area contributed by atoms with Gasteiger partial charge in [-0.1, -0.05) is 12.1 Å². The standard InChI is InChI=1S/C20H18O6/c1-23-13-6-3-11(4-7-13)9-12-5-8-14-15(16(12)21)17(22)19-20(18(14)24-2)26-10-25-19/h3-4,6-7,9,22H,5,8,10H2,1-2H3/b12-9+. The summed E-state index contributed by atoms with van der Waals surface area (Å²) in [5.74, 6) is 1.33. The number of ether oxygens (including phenoxy) is 4. The van der Waals surface area contributed by atoms with Crippen molar-refractivity contribution in [3.05, 3.63) is 46.5 Å². The number of hydrogen-bond acceptors (Lipinski definition) is 6. The molecule has 1 aliphatic heterocycles. The van der Waals surface area contributed by atoms with Crippen LogP contribution in [0, 0.1) is 0 Å². The second kappa shape index (κ2) is 6.29. The highest BCUT2D eigenvalue weighted by atomic mass is 16.7. The lowest BCUT2D eigenvalue weighted by molar-refractivity contribution is 0.102. The Labute approximate surface area is 150 Å². The summed E-state index contributed by atoms with van der Waals surface area (Å²) in [5, 5.41) is 10.6. The number of carbonyl (C=O) groups excluding carboxylic acids is 1.